The summed E-state index contributed by atoms with van der Waals surface area (Å²) in [5, 5.41) is 0. The van der Waals surface area contributed by atoms with Crippen LogP contribution in [0.4, 0.5) is 0 Å². The molecule has 0 N–H and O–H groups in total. The van der Waals surface area contributed by atoms with Crippen LogP contribution >= 0.6 is 0 Å². The van der Waals surface area contributed by atoms with E-state index in [0.717, 1.165) is 57.3 Å². The van der Waals surface area contributed by atoms with Crippen LogP contribution in [0.3, 0.4) is 0 Å². The summed E-state index contributed by atoms with van der Waals surface area (Å²) < 4.78 is 11.7. The molecule has 1 aliphatic rings. The van der Waals surface area contributed by atoms with Crippen molar-refractivity contribution < 1.29 is 9.47 Å². The molecule has 0 spiro atoms. The van der Waals surface area contributed by atoms with Crippen LogP contribution in [-0.2, 0) is 9.47 Å². The Morgan fingerprint density at radius 3 is 2.37 bits per heavy atom. The molecule has 0 radical (unpaired) electrons. The summed E-state index contributed by atoms with van der Waals surface area (Å²) in [5.74, 6) is 2.09. The number of hydrogen-bond donors (Lipinski definition) is 0. The van der Waals surface area contributed by atoms with Gasteiger partial charge in [-0.05, 0) is 43.4 Å². The third-order valence-electron chi connectivity index (χ3n) is 3.71. The second-order valence-corrected chi connectivity index (χ2v) is 6.53. The van der Waals surface area contributed by atoms with Crippen molar-refractivity contribution in [1.29, 1.82) is 0 Å². The lowest BCUT2D eigenvalue weighted by atomic mass is 10.0. The predicted octanol–water partition coefficient (Wildman–Crippen LogP) is 4.45. The van der Waals surface area contributed by atoms with E-state index in [2.05, 4.69) is 39.8 Å². The molecule has 2 heteroatoms. The SMILES string of the molecule is CC(C)CCOCC[C@@H]1CC=C[C@@H]1OCCC(C)C. The minimum atomic E-state index is 0.326. The van der Waals surface area contributed by atoms with E-state index >= 15 is 0 Å². The van der Waals surface area contributed by atoms with Gasteiger partial charge in [0.25, 0.3) is 0 Å². The highest BCUT2D eigenvalue weighted by Crippen LogP contribution is 2.25. The van der Waals surface area contributed by atoms with Gasteiger partial charge in [-0.3, -0.25) is 0 Å². The summed E-state index contributed by atoms with van der Waals surface area (Å²) >= 11 is 0. The van der Waals surface area contributed by atoms with Crippen molar-refractivity contribution >= 4 is 0 Å². The highest BCUT2D eigenvalue weighted by molar-refractivity contribution is 5.02. The van der Waals surface area contributed by atoms with Crippen LogP contribution in [0.5, 0.6) is 0 Å². The Morgan fingerprint density at radius 1 is 1.00 bits per heavy atom. The van der Waals surface area contributed by atoms with Crippen LogP contribution in [0.15, 0.2) is 12.2 Å². The molecule has 0 aromatic carbocycles. The average Bonchev–Trinajstić information content (AvgIpc) is 2.75. The van der Waals surface area contributed by atoms with E-state index in [1.54, 1.807) is 0 Å². The molecule has 1 rings (SSSR count). The maximum absolute atomic E-state index is 5.98. The first kappa shape index (κ1) is 16.7. The molecule has 0 heterocycles. The molecule has 2 atom stereocenters. The molecule has 19 heavy (non-hydrogen) atoms. The van der Waals surface area contributed by atoms with E-state index in [4.69, 9.17) is 9.47 Å². The molecule has 1 aliphatic carbocycles. The zero-order valence-corrected chi connectivity index (χ0v) is 13.2. The Morgan fingerprint density at radius 2 is 1.68 bits per heavy atom. The zero-order chi connectivity index (χ0) is 14.1. The predicted molar refractivity (Wildman–Crippen MR) is 81.3 cm³/mol. The topological polar surface area (TPSA) is 18.5 Å². The smallest absolute Gasteiger partial charge is 0.0787 e. The summed E-state index contributed by atoms with van der Waals surface area (Å²) in [7, 11) is 0. The Balaban J connectivity index is 2.08. The van der Waals surface area contributed by atoms with Crippen LogP contribution in [0, 0.1) is 17.8 Å². The maximum atomic E-state index is 5.98. The number of hydrogen-bond acceptors (Lipinski definition) is 2. The molecule has 0 unspecified atom stereocenters. The Bertz CT molecular complexity index is 246. The van der Waals surface area contributed by atoms with Crippen molar-refractivity contribution in [3.05, 3.63) is 12.2 Å². The van der Waals surface area contributed by atoms with Gasteiger partial charge in [0, 0.05) is 19.8 Å². The number of allylic oxidation sites excluding steroid dienone is 1. The summed E-state index contributed by atoms with van der Waals surface area (Å²) in [6.45, 7) is 11.6. The summed E-state index contributed by atoms with van der Waals surface area (Å²) in [6.07, 6.45) is 9.42. The van der Waals surface area contributed by atoms with Crippen molar-refractivity contribution in [3.63, 3.8) is 0 Å². The van der Waals surface area contributed by atoms with E-state index in [1.165, 1.54) is 0 Å². The van der Waals surface area contributed by atoms with Crippen LogP contribution in [0.1, 0.15) is 53.4 Å². The second-order valence-electron chi connectivity index (χ2n) is 6.53. The lowest BCUT2D eigenvalue weighted by Crippen LogP contribution is -2.21. The van der Waals surface area contributed by atoms with Gasteiger partial charge in [-0.15, -0.1) is 0 Å². The molecular weight excluding hydrogens is 236 g/mol. The van der Waals surface area contributed by atoms with Gasteiger partial charge in [0.1, 0.15) is 0 Å². The summed E-state index contributed by atoms with van der Waals surface area (Å²) in [6, 6.07) is 0. The van der Waals surface area contributed by atoms with Gasteiger partial charge in [-0.1, -0.05) is 39.8 Å². The first-order valence-corrected chi connectivity index (χ1v) is 7.95. The average molecular weight is 268 g/mol. The van der Waals surface area contributed by atoms with E-state index < -0.39 is 0 Å². The fourth-order valence-electron chi connectivity index (χ4n) is 2.25. The van der Waals surface area contributed by atoms with Crippen molar-refractivity contribution in [1.82, 2.24) is 0 Å². The lowest BCUT2D eigenvalue weighted by molar-refractivity contribution is 0.0290. The molecule has 2 nitrogen and oxygen atoms in total. The highest BCUT2D eigenvalue weighted by Gasteiger charge is 2.23. The van der Waals surface area contributed by atoms with Crippen LogP contribution < -0.4 is 0 Å². The quantitative estimate of drug-likeness (QED) is 0.430. The van der Waals surface area contributed by atoms with Crippen LogP contribution in [0.2, 0.25) is 0 Å². The van der Waals surface area contributed by atoms with Crippen LogP contribution in [0.25, 0.3) is 0 Å². The first-order valence-electron chi connectivity index (χ1n) is 7.95. The van der Waals surface area contributed by atoms with E-state index in [1.807, 2.05) is 0 Å². The van der Waals surface area contributed by atoms with Gasteiger partial charge >= 0.3 is 0 Å². The maximum Gasteiger partial charge on any atom is 0.0787 e. The molecule has 0 aromatic rings. The van der Waals surface area contributed by atoms with Gasteiger partial charge < -0.3 is 9.47 Å². The molecule has 0 amide bonds. The van der Waals surface area contributed by atoms with E-state index in [0.29, 0.717) is 12.0 Å². The number of rotatable bonds is 10. The van der Waals surface area contributed by atoms with Gasteiger partial charge in [-0.2, -0.15) is 0 Å². The highest BCUT2D eigenvalue weighted by atomic mass is 16.5. The Hall–Kier alpha value is -0.340. The minimum Gasteiger partial charge on any atom is -0.381 e. The summed E-state index contributed by atoms with van der Waals surface area (Å²) in [4.78, 5) is 0. The molecule has 0 bridgehead atoms. The van der Waals surface area contributed by atoms with Gasteiger partial charge in [0.05, 0.1) is 6.10 Å². The van der Waals surface area contributed by atoms with Crippen molar-refractivity contribution in [2.45, 2.75) is 59.5 Å². The first-order chi connectivity index (χ1) is 9.09. The number of ether oxygens (including phenoxy) is 2. The molecular formula is C17H32O2. The Labute approximate surface area is 119 Å². The van der Waals surface area contributed by atoms with Gasteiger partial charge in [0.2, 0.25) is 0 Å². The van der Waals surface area contributed by atoms with Gasteiger partial charge in [-0.25, -0.2) is 0 Å². The molecule has 0 saturated carbocycles. The Kier molecular flexibility index (Phi) is 8.40. The largest absolute Gasteiger partial charge is 0.381 e. The van der Waals surface area contributed by atoms with E-state index in [-0.39, 0.29) is 0 Å². The van der Waals surface area contributed by atoms with Gasteiger partial charge in [0.15, 0.2) is 0 Å². The molecule has 0 aromatic heterocycles. The molecule has 0 fully saturated rings. The van der Waals surface area contributed by atoms with Crippen molar-refractivity contribution in [3.8, 4) is 0 Å². The lowest BCUT2D eigenvalue weighted by Gasteiger charge is -2.20. The monoisotopic (exact) mass is 268 g/mol. The fourth-order valence-corrected chi connectivity index (χ4v) is 2.25. The zero-order valence-electron chi connectivity index (χ0n) is 13.2. The third-order valence-corrected chi connectivity index (χ3v) is 3.71. The summed E-state index contributed by atoms with van der Waals surface area (Å²) in [5.41, 5.74) is 0. The standard InChI is InChI=1S/C17H32O2/c1-14(2)8-11-18-12-10-16-6-5-7-17(16)19-13-9-15(3)4/h5,7,14-17H,6,8-13H2,1-4H3/t16-,17-/m0/s1. The van der Waals surface area contributed by atoms with E-state index in [9.17, 15) is 0 Å². The fraction of sp³-hybridized carbons (Fsp3) is 0.882. The minimum absolute atomic E-state index is 0.326. The van der Waals surface area contributed by atoms with Crippen molar-refractivity contribution in [2.24, 2.45) is 17.8 Å². The molecule has 0 saturated heterocycles. The third kappa shape index (κ3) is 7.74. The molecule has 112 valence electrons. The normalized spacial score (nSPS) is 22.8. The second kappa shape index (κ2) is 9.55. The van der Waals surface area contributed by atoms with Crippen molar-refractivity contribution in [2.75, 3.05) is 19.8 Å². The molecule has 0 aliphatic heterocycles. The van der Waals surface area contributed by atoms with Crippen LogP contribution in [-0.4, -0.2) is 25.9 Å².